The fourth-order valence-corrected chi connectivity index (χ4v) is 5.03. The topological polar surface area (TPSA) is 82.8 Å². The minimum absolute atomic E-state index is 0.108. The van der Waals surface area contributed by atoms with Crippen LogP contribution in [0.25, 0.3) is 0 Å². The van der Waals surface area contributed by atoms with Crippen molar-refractivity contribution in [3.63, 3.8) is 0 Å². The van der Waals surface area contributed by atoms with Gasteiger partial charge in [-0.1, -0.05) is 35.5 Å². The number of methoxy groups -OCH3 is 3. The summed E-state index contributed by atoms with van der Waals surface area (Å²) in [7, 11) is 4.74. The monoisotopic (exact) mass is 446 g/mol. The number of aryl methyl sites for hydroxylation is 1. The Morgan fingerprint density at radius 2 is 1.67 bits per heavy atom. The highest BCUT2D eigenvalue weighted by molar-refractivity contribution is 6.01. The molecule has 1 aliphatic heterocycles. The maximum absolute atomic E-state index is 13.6. The van der Waals surface area contributed by atoms with Gasteiger partial charge in [0.25, 0.3) is 0 Å². The first-order valence-corrected chi connectivity index (χ1v) is 10.9. The molecule has 2 heterocycles. The van der Waals surface area contributed by atoms with Gasteiger partial charge in [-0.25, -0.2) is 0 Å². The minimum atomic E-state index is -0.347. The Morgan fingerprint density at radius 3 is 2.30 bits per heavy atom. The lowest BCUT2D eigenvalue weighted by Gasteiger charge is -2.34. The van der Waals surface area contributed by atoms with Crippen molar-refractivity contribution in [2.24, 2.45) is 0 Å². The van der Waals surface area contributed by atoms with Gasteiger partial charge in [-0.3, -0.25) is 4.79 Å². The van der Waals surface area contributed by atoms with Crippen molar-refractivity contribution in [3.05, 3.63) is 76.1 Å². The number of hydrogen-bond donors (Lipinski definition) is 1. The van der Waals surface area contributed by atoms with E-state index < -0.39 is 0 Å². The Balaban J connectivity index is 1.67. The van der Waals surface area contributed by atoms with Crippen molar-refractivity contribution in [2.75, 3.05) is 26.6 Å². The quantitative estimate of drug-likeness (QED) is 0.593. The molecule has 5 rings (SSSR count). The van der Waals surface area contributed by atoms with Crippen molar-refractivity contribution in [1.82, 2.24) is 5.16 Å². The van der Waals surface area contributed by atoms with E-state index in [1.54, 1.807) is 21.3 Å². The zero-order valence-electron chi connectivity index (χ0n) is 19.1. The highest BCUT2D eigenvalue weighted by Gasteiger charge is 2.41. The average molecular weight is 447 g/mol. The minimum Gasteiger partial charge on any atom is -0.493 e. The number of rotatable bonds is 5. The largest absolute Gasteiger partial charge is 0.493 e. The van der Waals surface area contributed by atoms with Gasteiger partial charge in [0, 0.05) is 23.6 Å². The van der Waals surface area contributed by atoms with Crippen LogP contribution < -0.4 is 19.5 Å². The molecular formula is C26H26N2O5. The number of aromatic nitrogens is 1. The summed E-state index contributed by atoms with van der Waals surface area (Å²) in [5, 5.41) is 7.56. The Morgan fingerprint density at radius 1 is 0.970 bits per heavy atom. The van der Waals surface area contributed by atoms with Gasteiger partial charge in [0.15, 0.2) is 17.3 Å². The molecule has 1 aromatic heterocycles. The van der Waals surface area contributed by atoms with E-state index >= 15 is 0 Å². The second-order valence-corrected chi connectivity index (χ2v) is 8.36. The normalized spacial score (nSPS) is 19.5. The van der Waals surface area contributed by atoms with Gasteiger partial charge in [0.2, 0.25) is 11.6 Å². The maximum Gasteiger partial charge on any atom is 0.233 e. The van der Waals surface area contributed by atoms with E-state index in [2.05, 4.69) is 22.6 Å². The maximum atomic E-state index is 13.6. The van der Waals surface area contributed by atoms with E-state index in [1.807, 2.05) is 37.3 Å². The predicted molar refractivity (Wildman–Crippen MR) is 123 cm³/mol. The van der Waals surface area contributed by atoms with Gasteiger partial charge in [0.05, 0.1) is 32.6 Å². The fraction of sp³-hybridized carbons (Fsp3) is 0.308. The molecule has 0 saturated heterocycles. The molecule has 7 heteroatoms. The van der Waals surface area contributed by atoms with Gasteiger partial charge < -0.3 is 24.1 Å². The van der Waals surface area contributed by atoms with Crippen LogP contribution in [0.1, 0.15) is 47.1 Å². The first kappa shape index (κ1) is 21.1. The van der Waals surface area contributed by atoms with Crippen molar-refractivity contribution in [3.8, 4) is 17.2 Å². The molecule has 2 aliphatic rings. The van der Waals surface area contributed by atoms with Crippen molar-refractivity contribution in [2.45, 2.75) is 31.6 Å². The summed E-state index contributed by atoms with van der Waals surface area (Å²) in [6.45, 7) is 1.89. The molecular weight excluding hydrogens is 420 g/mol. The van der Waals surface area contributed by atoms with Crippen molar-refractivity contribution in [1.29, 1.82) is 0 Å². The number of benzene rings is 2. The average Bonchev–Trinajstić information content (AvgIpc) is 3.22. The van der Waals surface area contributed by atoms with Crippen LogP contribution in [0.5, 0.6) is 17.2 Å². The van der Waals surface area contributed by atoms with Crippen LogP contribution in [-0.4, -0.2) is 32.3 Å². The van der Waals surface area contributed by atoms with E-state index in [4.69, 9.17) is 18.7 Å². The van der Waals surface area contributed by atoms with Crippen LogP contribution >= 0.6 is 0 Å². The number of ketones is 1. The molecule has 0 bridgehead atoms. The van der Waals surface area contributed by atoms with Crippen LogP contribution in [0, 0.1) is 6.92 Å². The number of carbonyl (C=O) groups is 1. The summed E-state index contributed by atoms with van der Waals surface area (Å²) in [6.07, 6.45) is 1.16. The van der Waals surface area contributed by atoms with E-state index in [9.17, 15) is 4.79 Å². The van der Waals surface area contributed by atoms with Crippen LogP contribution in [-0.2, 0) is 4.79 Å². The molecule has 2 aromatic carbocycles. The Bertz CT molecular complexity index is 1220. The molecule has 0 amide bonds. The third-order valence-electron chi connectivity index (χ3n) is 6.55. The van der Waals surface area contributed by atoms with Gasteiger partial charge in [-0.15, -0.1) is 0 Å². The second kappa shape index (κ2) is 8.31. The van der Waals surface area contributed by atoms with Crippen molar-refractivity contribution < 1.29 is 23.5 Å². The van der Waals surface area contributed by atoms with Gasteiger partial charge in [-0.05, 0) is 42.5 Å². The lowest BCUT2D eigenvalue weighted by atomic mass is 9.72. The molecule has 33 heavy (non-hydrogen) atoms. The predicted octanol–water partition coefficient (Wildman–Crippen LogP) is 4.97. The summed E-state index contributed by atoms with van der Waals surface area (Å²) < 4.78 is 22.3. The van der Waals surface area contributed by atoms with Crippen LogP contribution in [0.15, 0.2) is 58.3 Å². The molecule has 1 aliphatic carbocycles. The van der Waals surface area contributed by atoms with Crippen LogP contribution in [0.4, 0.5) is 5.88 Å². The van der Waals surface area contributed by atoms with Crippen molar-refractivity contribution >= 4 is 11.7 Å². The first-order chi connectivity index (χ1) is 16.0. The summed E-state index contributed by atoms with van der Waals surface area (Å²) in [6, 6.07) is 14.0. The first-order valence-electron chi connectivity index (χ1n) is 10.9. The van der Waals surface area contributed by atoms with Gasteiger partial charge in [-0.2, -0.15) is 0 Å². The molecule has 1 N–H and O–H groups in total. The van der Waals surface area contributed by atoms with E-state index in [-0.39, 0.29) is 17.6 Å². The number of anilines is 1. The second-order valence-electron chi connectivity index (χ2n) is 8.36. The van der Waals surface area contributed by atoms with Crippen LogP contribution in [0.2, 0.25) is 0 Å². The number of carbonyl (C=O) groups excluding carboxylic acids is 1. The highest BCUT2D eigenvalue weighted by Crippen LogP contribution is 2.51. The van der Waals surface area contributed by atoms with Crippen LogP contribution in [0.3, 0.4) is 0 Å². The van der Waals surface area contributed by atoms with E-state index in [0.717, 1.165) is 33.7 Å². The molecule has 0 unspecified atom stereocenters. The molecule has 7 nitrogen and oxygen atoms in total. The third-order valence-corrected chi connectivity index (χ3v) is 6.55. The molecule has 170 valence electrons. The SMILES string of the molecule is COc1cc([C@H]2C3=C(C[C@@H](c4ccccc4)CC3=O)Nc3onc(C)c32)cc(OC)c1OC. The lowest BCUT2D eigenvalue weighted by molar-refractivity contribution is -0.116. The number of fused-ring (bicyclic) bond motifs is 1. The number of allylic oxidation sites excluding steroid dienone is 2. The third kappa shape index (κ3) is 3.44. The number of hydrogen-bond acceptors (Lipinski definition) is 7. The standard InChI is InChI=1S/C26H26N2O5/c1-14-22-23(17-12-20(30-2)25(32-4)21(13-17)31-3)24-18(27-26(22)33-28-14)10-16(11-19(24)29)15-8-6-5-7-9-15/h5-9,12-13,16,23,27H,10-11H2,1-4H3/t16-,23-/m1/s1. The Hall–Kier alpha value is -3.74. The Labute approximate surface area is 192 Å². The number of nitrogens with one attached hydrogen (secondary N) is 1. The van der Waals surface area contributed by atoms with E-state index in [1.165, 1.54) is 0 Å². The molecule has 0 radical (unpaired) electrons. The molecule has 0 fully saturated rings. The number of ether oxygens (including phenoxy) is 3. The summed E-state index contributed by atoms with van der Waals surface area (Å²) in [4.78, 5) is 13.6. The van der Waals surface area contributed by atoms with E-state index in [0.29, 0.717) is 36.0 Å². The number of nitrogens with zero attached hydrogens (tertiary/aromatic N) is 1. The molecule has 0 spiro atoms. The summed E-state index contributed by atoms with van der Waals surface area (Å²) in [5.41, 5.74) is 5.23. The lowest BCUT2D eigenvalue weighted by Crippen LogP contribution is -2.29. The summed E-state index contributed by atoms with van der Waals surface area (Å²) >= 11 is 0. The fourth-order valence-electron chi connectivity index (χ4n) is 5.03. The molecule has 3 aromatic rings. The highest BCUT2D eigenvalue weighted by atomic mass is 16.5. The van der Waals surface area contributed by atoms with Gasteiger partial charge >= 0.3 is 0 Å². The molecule has 0 saturated carbocycles. The molecule has 2 atom stereocenters. The van der Waals surface area contributed by atoms with Gasteiger partial charge in [0.1, 0.15) is 0 Å². The zero-order chi connectivity index (χ0) is 23.1. The Kier molecular flexibility index (Phi) is 5.32. The number of Topliss-reactive ketones (excluding diaryl/α,β-unsaturated/α-hetero) is 1. The smallest absolute Gasteiger partial charge is 0.233 e. The summed E-state index contributed by atoms with van der Waals surface area (Å²) in [5.74, 6) is 2.03. The zero-order valence-corrected chi connectivity index (χ0v) is 19.1.